The summed E-state index contributed by atoms with van der Waals surface area (Å²) in [6.07, 6.45) is -0.496. The molecule has 1 unspecified atom stereocenters. The van der Waals surface area contributed by atoms with Crippen LogP contribution in [0, 0.1) is 6.92 Å². The molecule has 18 heavy (non-hydrogen) atoms. The number of thiocarbonyl (C=S) groups is 1. The molecule has 1 fully saturated rings. The van der Waals surface area contributed by atoms with Gasteiger partial charge in [0.1, 0.15) is 15.3 Å². The van der Waals surface area contributed by atoms with E-state index >= 15 is 0 Å². The number of ether oxygens (including phenoxy) is 1. The predicted molar refractivity (Wildman–Crippen MR) is 74.3 cm³/mol. The van der Waals surface area contributed by atoms with Gasteiger partial charge in [0.2, 0.25) is 0 Å². The number of nitrogens with zero attached hydrogens (tertiary/aromatic N) is 1. The van der Waals surface area contributed by atoms with E-state index in [1.165, 1.54) is 15.6 Å². The average molecular weight is 306 g/mol. The Balaban J connectivity index is 2.22. The van der Waals surface area contributed by atoms with Gasteiger partial charge in [-0.25, -0.2) is 8.42 Å². The molecule has 1 aliphatic rings. The van der Waals surface area contributed by atoms with Crippen LogP contribution in [0.25, 0.3) is 0 Å². The maximum atomic E-state index is 12.4. The quantitative estimate of drug-likeness (QED) is 0.834. The Morgan fingerprint density at radius 2 is 2.33 bits per heavy atom. The van der Waals surface area contributed by atoms with E-state index in [2.05, 4.69) is 0 Å². The summed E-state index contributed by atoms with van der Waals surface area (Å²) >= 11 is 6.11. The van der Waals surface area contributed by atoms with Gasteiger partial charge in [0.25, 0.3) is 10.0 Å². The summed E-state index contributed by atoms with van der Waals surface area (Å²) in [5, 5.41) is 0. The van der Waals surface area contributed by atoms with Gasteiger partial charge in [-0.15, -0.1) is 11.3 Å². The summed E-state index contributed by atoms with van der Waals surface area (Å²) in [7, 11) is -3.45. The van der Waals surface area contributed by atoms with Crippen molar-refractivity contribution in [3.8, 4) is 0 Å². The van der Waals surface area contributed by atoms with Crippen molar-refractivity contribution in [2.75, 3.05) is 19.7 Å². The topological polar surface area (TPSA) is 72.6 Å². The molecule has 0 saturated carbocycles. The molecular formula is C10H14N2O3S3. The van der Waals surface area contributed by atoms with Crippen LogP contribution >= 0.6 is 23.6 Å². The van der Waals surface area contributed by atoms with Crippen molar-refractivity contribution in [3.63, 3.8) is 0 Å². The second kappa shape index (κ2) is 5.22. The lowest BCUT2D eigenvalue weighted by Crippen LogP contribution is -2.49. The van der Waals surface area contributed by atoms with Gasteiger partial charge in [0.15, 0.2) is 0 Å². The van der Waals surface area contributed by atoms with Gasteiger partial charge in [-0.1, -0.05) is 12.2 Å². The summed E-state index contributed by atoms with van der Waals surface area (Å²) < 4.78 is 31.8. The van der Waals surface area contributed by atoms with Crippen LogP contribution in [0.5, 0.6) is 0 Å². The molecule has 2 heterocycles. The molecule has 1 aliphatic heterocycles. The molecule has 1 atom stereocenters. The highest BCUT2D eigenvalue weighted by molar-refractivity contribution is 7.91. The fourth-order valence-corrected chi connectivity index (χ4v) is 4.70. The van der Waals surface area contributed by atoms with Gasteiger partial charge >= 0.3 is 0 Å². The van der Waals surface area contributed by atoms with Crippen molar-refractivity contribution in [1.82, 2.24) is 4.31 Å². The molecule has 0 aromatic carbocycles. The Morgan fingerprint density at radius 1 is 1.61 bits per heavy atom. The van der Waals surface area contributed by atoms with Crippen molar-refractivity contribution >= 4 is 38.6 Å². The first-order valence-corrected chi connectivity index (χ1v) is 8.05. The van der Waals surface area contributed by atoms with E-state index in [0.717, 1.165) is 4.88 Å². The van der Waals surface area contributed by atoms with E-state index in [9.17, 15) is 8.42 Å². The molecule has 1 saturated heterocycles. The fourth-order valence-electron chi connectivity index (χ4n) is 1.69. The van der Waals surface area contributed by atoms with E-state index in [0.29, 0.717) is 17.4 Å². The molecule has 0 amide bonds. The van der Waals surface area contributed by atoms with E-state index in [1.54, 1.807) is 12.1 Å². The lowest BCUT2D eigenvalue weighted by molar-refractivity contribution is 0.0387. The van der Waals surface area contributed by atoms with Crippen LogP contribution in [-0.2, 0) is 14.8 Å². The number of nitrogens with two attached hydrogens (primary N) is 1. The van der Waals surface area contributed by atoms with Crippen LogP contribution < -0.4 is 5.73 Å². The Morgan fingerprint density at radius 3 is 2.89 bits per heavy atom. The lowest BCUT2D eigenvalue weighted by Gasteiger charge is -2.31. The van der Waals surface area contributed by atoms with Gasteiger partial charge in [-0.3, -0.25) is 0 Å². The minimum atomic E-state index is -3.45. The molecule has 0 spiro atoms. The maximum absolute atomic E-state index is 12.4. The van der Waals surface area contributed by atoms with Crippen molar-refractivity contribution in [1.29, 1.82) is 0 Å². The van der Waals surface area contributed by atoms with E-state index in [-0.39, 0.29) is 11.5 Å². The van der Waals surface area contributed by atoms with E-state index < -0.39 is 16.1 Å². The molecule has 8 heteroatoms. The maximum Gasteiger partial charge on any atom is 0.252 e. The molecule has 5 nitrogen and oxygen atoms in total. The highest BCUT2D eigenvalue weighted by Gasteiger charge is 2.32. The van der Waals surface area contributed by atoms with E-state index in [4.69, 9.17) is 22.7 Å². The molecular weight excluding hydrogens is 292 g/mol. The normalized spacial score (nSPS) is 21.9. The van der Waals surface area contributed by atoms with Gasteiger partial charge in [-0.2, -0.15) is 4.31 Å². The predicted octanol–water partition coefficient (Wildman–Crippen LogP) is 0.732. The third-order valence-corrected chi connectivity index (χ3v) is 6.25. The van der Waals surface area contributed by atoms with Gasteiger partial charge in [0, 0.05) is 18.0 Å². The van der Waals surface area contributed by atoms with Crippen LogP contribution in [0.1, 0.15) is 4.88 Å². The third kappa shape index (κ3) is 2.72. The minimum Gasteiger partial charge on any atom is -0.391 e. The fraction of sp³-hybridized carbons (Fsp3) is 0.500. The molecule has 2 rings (SSSR count). The number of sulfonamides is 1. The Hall–Kier alpha value is -0.540. The standard InChI is InChI=1S/C10H14N2O3S3/c1-7-2-3-9(17-7)18(13,14)12-4-5-15-8(6-12)10(11)16/h2-3,8H,4-6H2,1H3,(H2,11,16). The average Bonchev–Trinajstić information content (AvgIpc) is 2.77. The van der Waals surface area contributed by atoms with Gasteiger partial charge in [-0.05, 0) is 19.1 Å². The van der Waals surface area contributed by atoms with Crippen LogP contribution in [0.15, 0.2) is 16.3 Å². The van der Waals surface area contributed by atoms with Crippen LogP contribution in [0.4, 0.5) is 0 Å². The second-order valence-corrected chi connectivity index (χ2v) is 7.91. The Bertz CT molecular complexity index is 552. The monoisotopic (exact) mass is 306 g/mol. The summed E-state index contributed by atoms with van der Waals surface area (Å²) in [6, 6.07) is 3.42. The van der Waals surface area contributed by atoms with Crippen LogP contribution in [0.2, 0.25) is 0 Å². The molecule has 100 valence electrons. The molecule has 0 aliphatic carbocycles. The smallest absolute Gasteiger partial charge is 0.252 e. The molecule has 0 bridgehead atoms. The first kappa shape index (κ1) is 13.9. The Labute approximate surface area is 116 Å². The number of rotatable bonds is 3. The zero-order chi connectivity index (χ0) is 13.3. The third-order valence-electron chi connectivity index (χ3n) is 2.66. The summed E-state index contributed by atoms with van der Waals surface area (Å²) in [5.74, 6) is 0. The lowest BCUT2D eigenvalue weighted by atomic mass is 10.3. The minimum absolute atomic E-state index is 0.189. The zero-order valence-electron chi connectivity index (χ0n) is 9.83. The number of morpholine rings is 1. The van der Waals surface area contributed by atoms with Crippen molar-refractivity contribution in [2.45, 2.75) is 17.2 Å². The molecule has 2 N–H and O–H groups in total. The summed E-state index contributed by atoms with van der Waals surface area (Å²) in [4.78, 5) is 1.16. The van der Waals surface area contributed by atoms with Gasteiger partial charge < -0.3 is 10.5 Å². The number of thiophene rings is 1. The van der Waals surface area contributed by atoms with Crippen LogP contribution in [0.3, 0.4) is 0 Å². The van der Waals surface area contributed by atoms with E-state index in [1.807, 2.05) is 6.92 Å². The first-order valence-electron chi connectivity index (χ1n) is 5.39. The van der Waals surface area contributed by atoms with Gasteiger partial charge in [0.05, 0.1) is 6.61 Å². The molecule has 1 aromatic heterocycles. The highest BCUT2D eigenvalue weighted by Crippen LogP contribution is 2.25. The highest BCUT2D eigenvalue weighted by atomic mass is 32.2. The number of hydrogen-bond acceptors (Lipinski definition) is 5. The van der Waals surface area contributed by atoms with Crippen molar-refractivity contribution in [3.05, 3.63) is 17.0 Å². The second-order valence-electron chi connectivity index (χ2n) is 3.99. The number of hydrogen-bond donors (Lipinski definition) is 1. The van der Waals surface area contributed by atoms with Crippen molar-refractivity contribution in [2.24, 2.45) is 5.73 Å². The molecule has 0 radical (unpaired) electrons. The summed E-state index contributed by atoms with van der Waals surface area (Å²) in [5.41, 5.74) is 5.50. The molecule has 1 aromatic rings. The van der Waals surface area contributed by atoms with Crippen LogP contribution in [-0.4, -0.2) is 43.5 Å². The Kier molecular flexibility index (Phi) is 4.02. The summed E-state index contributed by atoms with van der Waals surface area (Å²) in [6.45, 7) is 2.71. The largest absolute Gasteiger partial charge is 0.391 e. The zero-order valence-corrected chi connectivity index (χ0v) is 12.3. The first-order chi connectivity index (χ1) is 8.41. The SMILES string of the molecule is Cc1ccc(S(=O)(=O)N2CCOC(C(N)=S)C2)s1. The number of aryl methyl sites for hydroxylation is 1. The van der Waals surface area contributed by atoms with Crippen molar-refractivity contribution < 1.29 is 13.2 Å².